The van der Waals surface area contributed by atoms with Gasteiger partial charge in [-0.15, -0.1) is 5.10 Å². The van der Waals surface area contributed by atoms with E-state index in [1.54, 1.807) is 48.0 Å². The van der Waals surface area contributed by atoms with Crippen molar-refractivity contribution in [1.29, 1.82) is 0 Å². The number of nitrogens with zero attached hydrogens (tertiary/aromatic N) is 4. The zero-order valence-electron chi connectivity index (χ0n) is 16.0. The van der Waals surface area contributed by atoms with Gasteiger partial charge in [0.2, 0.25) is 5.91 Å². The minimum Gasteiger partial charge on any atom is -0.366 e. The van der Waals surface area contributed by atoms with Crippen LogP contribution in [0.5, 0.6) is 0 Å². The average molecular weight is 404 g/mol. The first-order valence-corrected chi connectivity index (χ1v) is 9.08. The largest absolute Gasteiger partial charge is 0.366 e. The van der Waals surface area contributed by atoms with Gasteiger partial charge in [0.25, 0.3) is 5.91 Å². The summed E-state index contributed by atoms with van der Waals surface area (Å²) in [6.07, 6.45) is 0. The molecule has 2 amide bonds. The molecule has 0 saturated heterocycles. The van der Waals surface area contributed by atoms with Crippen LogP contribution in [-0.2, 0) is 6.54 Å². The fourth-order valence-corrected chi connectivity index (χ4v) is 3.06. The zero-order chi connectivity index (χ0) is 21.3. The number of para-hydroxylation sites is 1. The molecular weight excluding hydrogens is 387 g/mol. The molecule has 9 heteroatoms. The number of halogens is 1. The molecule has 0 spiro atoms. The van der Waals surface area contributed by atoms with Crippen molar-refractivity contribution in [2.24, 2.45) is 5.73 Å². The Morgan fingerprint density at radius 1 is 1.13 bits per heavy atom. The Hall–Kier alpha value is -4.14. The van der Waals surface area contributed by atoms with Gasteiger partial charge < -0.3 is 11.1 Å². The maximum atomic E-state index is 13.1. The maximum Gasteiger partial charge on any atom is 0.275 e. The van der Waals surface area contributed by atoms with Crippen LogP contribution in [0.25, 0.3) is 10.9 Å². The van der Waals surface area contributed by atoms with Crippen molar-refractivity contribution in [1.82, 2.24) is 20.0 Å². The van der Waals surface area contributed by atoms with E-state index in [-0.39, 0.29) is 22.9 Å². The van der Waals surface area contributed by atoms with Crippen molar-refractivity contribution in [3.05, 3.63) is 82.9 Å². The number of aromatic nitrogens is 4. The number of benzene rings is 2. The Morgan fingerprint density at radius 2 is 1.87 bits per heavy atom. The highest BCUT2D eigenvalue weighted by Gasteiger charge is 2.18. The second-order valence-electron chi connectivity index (χ2n) is 6.70. The van der Waals surface area contributed by atoms with E-state index in [0.29, 0.717) is 23.1 Å². The third-order valence-corrected chi connectivity index (χ3v) is 4.67. The van der Waals surface area contributed by atoms with E-state index >= 15 is 0 Å². The number of primary amides is 1. The van der Waals surface area contributed by atoms with Crippen LogP contribution in [0.4, 0.5) is 10.2 Å². The van der Waals surface area contributed by atoms with Crippen LogP contribution in [0.3, 0.4) is 0 Å². The standard InChI is InChI=1S/C21H17FN6O2/c1-12-20(26-27-28(12)11-13-6-8-14(22)9-7-13)25-21(30)18-10-16(19(23)29)15-4-2-3-5-17(15)24-18/h2-10H,11H2,1H3,(H2,23,29)(H,25,30). The number of hydrogen-bond acceptors (Lipinski definition) is 5. The van der Waals surface area contributed by atoms with Gasteiger partial charge in [0, 0.05) is 5.39 Å². The molecule has 150 valence electrons. The number of hydrogen-bond donors (Lipinski definition) is 2. The molecule has 0 unspecified atom stereocenters. The summed E-state index contributed by atoms with van der Waals surface area (Å²) in [6.45, 7) is 2.12. The molecule has 2 heterocycles. The van der Waals surface area contributed by atoms with Crippen LogP contribution in [0.15, 0.2) is 54.6 Å². The van der Waals surface area contributed by atoms with Gasteiger partial charge in [-0.1, -0.05) is 35.5 Å². The van der Waals surface area contributed by atoms with E-state index in [1.165, 1.54) is 18.2 Å². The smallest absolute Gasteiger partial charge is 0.275 e. The summed E-state index contributed by atoms with van der Waals surface area (Å²) < 4.78 is 14.7. The SMILES string of the molecule is Cc1c(NC(=O)c2cc(C(N)=O)c3ccccc3n2)nnn1Cc1ccc(F)cc1. The topological polar surface area (TPSA) is 116 Å². The Kier molecular flexibility index (Phi) is 4.93. The molecule has 4 aromatic rings. The maximum absolute atomic E-state index is 13.1. The third-order valence-electron chi connectivity index (χ3n) is 4.67. The first-order valence-electron chi connectivity index (χ1n) is 9.08. The third kappa shape index (κ3) is 3.72. The quantitative estimate of drug-likeness (QED) is 0.531. The minimum atomic E-state index is -0.649. The number of carbonyl (C=O) groups excluding carboxylic acids is 2. The average Bonchev–Trinajstić information content (AvgIpc) is 3.08. The number of carbonyl (C=O) groups is 2. The molecule has 0 bridgehead atoms. The molecule has 8 nitrogen and oxygen atoms in total. The number of rotatable bonds is 5. The predicted octanol–water partition coefficient (Wildman–Crippen LogP) is 2.67. The molecular formula is C21H17FN6O2. The zero-order valence-corrected chi connectivity index (χ0v) is 16.0. The summed E-state index contributed by atoms with van der Waals surface area (Å²) in [5.41, 5.74) is 7.65. The Bertz CT molecular complexity index is 1270. The van der Waals surface area contributed by atoms with E-state index in [9.17, 15) is 14.0 Å². The van der Waals surface area contributed by atoms with E-state index in [4.69, 9.17) is 5.73 Å². The van der Waals surface area contributed by atoms with Gasteiger partial charge >= 0.3 is 0 Å². The fourth-order valence-electron chi connectivity index (χ4n) is 3.06. The lowest BCUT2D eigenvalue weighted by Crippen LogP contribution is -2.18. The molecule has 0 aliphatic heterocycles. The van der Waals surface area contributed by atoms with Crippen LogP contribution in [0, 0.1) is 12.7 Å². The molecule has 2 aromatic carbocycles. The number of pyridine rings is 1. The van der Waals surface area contributed by atoms with Crippen molar-refractivity contribution in [2.45, 2.75) is 13.5 Å². The van der Waals surface area contributed by atoms with Gasteiger partial charge in [0.15, 0.2) is 5.82 Å². The molecule has 0 aliphatic carbocycles. The van der Waals surface area contributed by atoms with Gasteiger partial charge in [-0.05, 0) is 36.8 Å². The summed E-state index contributed by atoms with van der Waals surface area (Å²) in [4.78, 5) is 28.9. The normalized spacial score (nSPS) is 10.9. The number of fused-ring (bicyclic) bond motifs is 1. The van der Waals surface area contributed by atoms with E-state index < -0.39 is 11.8 Å². The van der Waals surface area contributed by atoms with Crippen molar-refractivity contribution < 1.29 is 14.0 Å². The van der Waals surface area contributed by atoms with E-state index in [2.05, 4.69) is 20.6 Å². The number of amides is 2. The van der Waals surface area contributed by atoms with Crippen LogP contribution in [0.2, 0.25) is 0 Å². The van der Waals surface area contributed by atoms with Gasteiger partial charge in [0.1, 0.15) is 11.5 Å². The number of anilines is 1. The predicted molar refractivity (Wildman–Crippen MR) is 108 cm³/mol. The molecule has 0 aliphatic rings. The van der Waals surface area contributed by atoms with Crippen molar-refractivity contribution in [3.8, 4) is 0 Å². The summed E-state index contributed by atoms with van der Waals surface area (Å²) >= 11 is 0. The Labute approximate surface area is 170 Å². The van der Waals surface area contributed by atoms with E-state index in [1.807, 2.05) is 0 Å². The molecule has 30 heavy (non-hydrogen) atoms. The first-order chi connectivity index (χ1) is 14.4. The van der Waals surface area contributed by atoms with Gasteiger partial charge in [-0.3, -0.25) is 9.59 Å². The lowest BCUT2D eigenvalue weighted by atomic mass is 10.1. The van der Waals surface area contributed by atoms with Crippen molar-refractivity contribution in [2.75, 3.05) is 5.32 Å². The highest BCUT2D eigenvalue weighted by atomic mass is 19.1. The molecule has 0 radical (unpaired) electrons. The highest BCUT2D eigenvalue weighted by molar-refractivity contribution is 6.10. The lowest BCUT2D eigenvalue weighted by Gasteiger charge is -2.08. The second kappa shape index (κ2) is 7.70. The summed E-state index contributed by atoms with van der Waals surface area (Å²) in [5, 5.41) is 11.3. The molecule has 2 aromatic heterocycles. The summed E-state index contributed by atoms with van der Waals surface area (Å²) in [5.74, 6) is -1.25. The Morgan fingerprint density at radius 3 is 2.60 bits per heavy atom. The van der Waals surface area contributed by atoms with Crippen LogP contribution in [-0.4, -0.2) is 31.8 Å². The summed E-state index contributed by atoms with van der Waals surface area (Å²) in [7, 11) is 0. The number of nitrogens with two attached hydrogens (primary N) is 1. The Balaban J connectivity index is 1.59. The van der Waals surface area contributed by atoms with Crippen LogP contribution in [0.1, 0.15) is 32.1 Å². The minimum absolute atomic E-state index is 0.0370. The van der Waals surface area contributed by atoms with Gasteiger partial charge in [-0.25, -0.2) is 14.1 Å². The van der Waals surface area contributed by atoms with Crippen molar-refractivity contribution in [3.63, 3.8) is 0 Å². The van der Waals surface area contributed by atoms with Crippen LogP contribution < -0.4 is 11.1 Å². The highest BCUT2D eigenvalue weighted by Crippen LogP contribution is 2.19. The van der Waals surface area contributed by atoms with Crippen LogP contribution >= 0.6 is 0 Å². The number of nitrogens with one attached hydrogen (secondary N) is 1. The van der Waals surface area contributed by atoms with Gasteiger partial charge in [-0.2, -0.15) is 0 Å². The lowest BCUT2D eigenvalue weighted by molar-refractivity contribution is 0.100. The second-order valence-corrected chi connectivity index (χ2v) is 6.70. The van der Waals surface area contributed by atoms with Gasteiger partial charge in [0.05, 0.1) is 23.3 Å². The molecule has 0 fully saturated rings. The summed E-state index contributed by atoms with van der Waals surface area (Å²) in [6, 6.07) is 14.3. The molecule has 0 atom stereocenters. The van der Waals surface area contributed by atoms with Crippen molar-refractivity contribution >= 4 is 28.5 Å². The molecule has 3 N–H and O–H groups in total. The van der Waals surface area contributed by atoms with E-state index in [0.717, 1.165) is 5.56 Å². The first kappa shape index (κ1) is 19.2. The monoisotopic (exact) mass is 404 g/mol. The molecule has 0 saturated carbocycles. The fraction of sp³-hybridized carbons (Fsp3) is 0.0952. The molecule has 4 rings (SSSR count).